The van der Waals surface area contributed by atoms with Crippen LogP contribution in [0.1, 0.15) is 44.2 Å². The average Bonchev–Trinajstić information content (AvgIpc) is 2.92. The minimum atomic E-state index is -0.823. The number of aryl methyl sites for hydroxylation is 3. The van der Waals surface area contributed by atoms with Crippen molar-refractivity contribution in [3.8, 4) is 0 Å². The highest BCUT2D eigenvalue weighted by Crippen LogP contribution is 2.31. The Bertz CT molecular complexity index is 869. The fraction of sp³-hybridized carbons (Fsp3) is 0.263. The molecule has 25 heavy (non-hydrogen) atoms. The van der Waals surface area contributed by atoms with Gasteiger partial charge in [0, 0.05) is 17.1 Å². The summed E-state index contributed by atoms with van der Waals surface area (Å²) in [5.74, 6) is -0.608. The number of anilines is 1. The molecule has 2 aromatic rings. The molecule has 2 aromatic carbocycles. The predicted octanol–water partition coefficient (Wildman–Crippen LogP) is 3.15. The minimum absolute atomic E-state index is 0.246. The van der Waals surface area contributed by atoms with Crippen LogP contribution in [0.5, 0.6) is 0 Å². The van der Waals surface area contributed by atoms with Crippen LogP contribution in [0.3, 0.4) is 0 Å². The number of fused-ring (bicyclic) bond motifs is 1. The third kappa shape index (κ3) is 3.13. The average molecular weight is 358 g/mol. The van der Waals surface area contributed by atoms with Gasteiger partial charge in [0.2, 0.25) is 5.91 Å². The summed E-state index contributed by atoms with van der Waals surface area (Å²) < 4.78 is 0. The van der Waals surface area contributed by atoms with Gasteiger partial charge in [-0.25, -0.2) is 0 Å². The Morgan fingerprint density at radius 3 is 2.52 bits per heavy atom. The summed E-state index contributed by atoms with van der Waals surface area (Å²) in [6, 6.07) is 6.48. The van der Waals surface area contributed by atoms with E-state index in [9.17, 15) is 9.59 Å². The van der Waals surface area contributed by atoms with Gasteiger partial charge in [-0.1, -0.05) is 29.3 Å². The lowest BCUT2D eigenvalue weighted by molar-refractivity contribution is -0.117. The molecule has 0 radical (unpaired) electrons. The lowest BCUT2D eigenvalue weighted by Gasteiger charge is -2.19. The van der Waals surface area contributed by atoms with Crippen LogP contribution in [-0.4, -0.2) is 11.8 Å². The second-order valence-electron chi connectivity index (χ2n) is 6.41. The number of nitrogens with two attached hydrogens (primary N) is 1. The van der Waals surface area contributed by atoms with Gasteiger partial charge in [0.25, 0.3) is 5.91 Å². The number of rotatable bonds is 3. The Morgan fingerprint density at radius 2 is 1.88 bits per heavy atom. The maximum Gasteiger partial charge on any atom is 0.254 e. The molecule has 1 atom stereocenters. The van der Waals surface area contributed by atoms with E-state index >= 15 is 0 Å². The van der Waals surface area contributed by atoms with Crippen LogP contribution in [0.2, 0.25) is 5.02 Å². The van der Waals surface area contributed by atoms with E-state index in [2.05, 4.69) is 10.6 Å². The molecule has 5 nitrogen and oxygen atoms in total. The van der Waals surface area contributed by atoms with Crippen molar-refractivity contribution in [2.24, 2.45) is 5.73 Å². The number of hydrogen-bond acceptors (Lipinski definition) is 3. The number of carbonyl (C=O) groups is 2. The lowest BCUT2D eigenvalue weighted by Crippen LogP contribution is -2.30. The van der Waals surface area contributed by atoms with Gasteiger partial charge in [0.05, 0.1) is 11.3 Å². The number of halogens is 1. The molecule has 0 saturated carbocycles. The molecule has 0 bridgehead atoms. The first-order chi connectivity index (χ1) is 11.8. The van der Waals surface area contributed by atoms with E-state index in [0.29, 0.717) is 28.4 Å². The topological polar surface area (TPSA) is 84.2 Å². The van der Waals surface area contributed by atoms with E-state index in [4.69, 9.17) is 17.3 Å². The fourth-order valence-corrected chi connectivity index (χ4v) is 3.66. The summed E-state index contributed by atoms with van der Waals surface area (Å²) in [5.41, 5.74) is 11.6. The van der Waals surface area contributed by atoms with Crippen LogP contribution < -0.4 is 16.4 Å². The number of benzene rings is 2. The fourth-order valence-electron chi connectivity index (χ4n) is 3.44. The summed E-state index contributed by atoms with van der Waals surface area (Å²) in [7, 11) is 0. The summed E-state index contributed by atoms with van der Waals surface area (Å²) in [6.45, 7) is 6.25. The summed E-state index contributed by atoms with van der Waals surface area (Å²) in [6.07, 6.45) is 0. The molecule has 4 N–H and O–H groups in total. The Labute approximate surface area is 151 Å². The van der Waals surface area contributed by atoms with Crippen molar-refractivity contribution in [3.05, 3.63) is 62.7 Å². The Hall–Kier alpha value is -2.37. The van der Waals surface area contributed by atoms with E-state index in [1.54, 1.807) is 12.1 Å². The Balaban J connectivity index is 1.92. The number of amides is 2. The van der Waals surface area contributed by atoms with Gasteiger partial charge in [-0.2, -0.15) is 0 Å². The van der Waals surface area contributed by atoms with Gasteiger partial charge in [0.1, 0.15) is 6.04 Å². The van der Waals surface area contributed by atoms with Crippen LogP contribution in [0.15, 0.2) is 24.3 Å². The lowest BCUT2D eigenvalue weighted by atomic mass is 9.94. The maximum atomic E-state index is 12.7. The van der Waals surface area contributed by atoms with Crippen LogP contribution >= 0.6 is 11.6 Å². The first kappa shape index (κ1) is 17.5. The number of hydrogen-bond donors (Lipinski definition) is 3. The molecule has 0 spiro atoms. The van der Waals surface area contributed by atoms with E-state index in [-0.39, 0.29) is 11.8 Å². The quantitative estimate of drug-likeness (QED) is 0.789. The maximum absolute atomic E-state index is 12.7. The van der Waals surface area contributed by atoms with Crippen molar-refractivity contribution in [2.75, 3.05) is 5.32 Å². The van der Waals surface area contributed by atoms with Crippen LogP contribution in [0.25, 0.3) is 0 Å². The van der Waals surface area contributed by atoms with Crippen molar-refractivity contribution in [3.63, 3.8) is 0 Å². The summed E-state index contributed by atoms with van der Waals surface area (Å²) >= 11 is 6.13. The smallest absolute Gasteiger partial charge is 0.254 e. The SMILES string of the molecule is Cc1cc(C)c(C(N)C(=O)Nc2ccc(Cl)c3c2C(=O)NC3)c(C)c1. The zero-order chi connectivity index (χ0) is 18.3. The molecular formula is C19H20ClN3O2. The van der Waals surface area contributed by atoms with Crippen molar-refractivity contribution in [1.82, 2.24) is 5.32 Å². The van der Waals surface area contributed by atoms with Crippen molar-refractivity contribution >= 4 is 29.1 Å². The molecule has 2 amide bonds. The Morgan fingerprint density at radius 1 is 1.24 bits per heavy atom. The van der Waals surface area contributed by atoms with Gasteiger partial charge in [-0.15, -0.1) is 0 Å². The second kappa shape index (κ2) is 6.50. The monoisotopic (exact) mass is 357 g/mol. The number of carbonyl (C=O) groups excluding carboxylic acids is 2. The zero-order valence-electron chi connectivity index (χ0n) is 14.4. The van der Waals surface area contributed by atoms with Gasteiger partial charge in [0.15, 0.2) is 0 Å². The van der Waals surface area contributed by atoms with Crippen molar-refractivity contribution < 1.29 is 9.59 Å². The first-order valence-corrected chi connectivity index (χ1v) is 8.41. The van der Waals surface area contributed by atoms with Gasteiger partial charge in [-0.3, -0.25) is 9.59 Å². The van der Waals surface area contributed by atoms with Crippen LogP contribution in [-0.2, 0) is 11.3 Å². The minimum Gasteiger partial charge on any atom is -0.348 e. The third-order valence-corrected chi connectivity index (χ3v) is 4.85. The van der Waals surface area contributed by atoms with Gasteiger partial charge in [-0.05, 0) is 49.6 Å². The van der Waals surface area contributed by atoms with E-state index < -0.39 is 6.04 Å². The normalized spacial score (nSPS) is 14.0. The molecule has 0 fully saturated rings. The van der Waals surface area contributed by atoms with Gasteiger partial charge >= 0.3 is 0 Å². The molecule has 0 aromatic heterocycles. The molecule has 0 saturated heterocycles. The predicted molar refractivity (Wildman–Crippen MR) is 98.8 cm³/mol. The highest BCUT2D eigenvalue weighted by molar-refractivity contribution is 6.32. The van der Waals surface area contributed by atoms with Crippen molar-refractivity contribution in [2.45, 2.75) is 33.4 Å². The molecule has 3 rings (SSSR count). The van der Waals surface area contributed by atoms with Crippen LogP contribution in [0, 0.1) is 20.8 Å². The summed E-state index contributed by atoms with van der Waals surface area (Å²) in [4.78, 5) is 24.7. The molecule has 130 valence electrons. The summed E-state index contributed by atoms with van der Waals surface area (Å²) in [5, 5.41) is 6.00. The van der Waals surface area contributed by atoms with E-state index in [1.807, 2.05) is 32.9 Å². The molecule has 0 aliphatic carbocycles. The molecule has 1 heterocycles. The molecular weight excluding hydrogens is 338 g/mol. The third-order valence-electron chi connectivity index (χ3n) is 4.50. The molecule has 6 heteroatoms. The molecule has 1 aliphatic heterocycles. The molecule has 1 unspecified atom stereocenters. The largest absolute Gasteiger partial charge is 0.348 e. The number of nitrogens with one attached hydrogen (secondary N) is 2. The zero-order valence-corrected chi connectivity index (χ0v) is 15.1. The van der Waals surface area contributed by atoms with Gasteiger partial charge < -0.3 is 16.4 Å². The highest BCUT2D eigenvalue weighted by Gasteiger charge is 2.27. The van der Waals surface area contributed by atoms with Crippen LogP contribution in [0.4, 0.5) is 5.69 Å². The van der Waals surface area contributed by atoms with Crippen molar-refractivity contribution in [1.29, 1.82) is 0 Å². The standard InChI is InChI=1S/C19H20ClN3O2/c1-9-6-10(2)15(11(3)7-9)17(21)19(25)23-14-5-4-13(20)12-8-22-18(24)16(12)14/h4-7,17H,8,21H2,1-3H3,(H,22,24)(H,23,25). The first-order valence-electron chi connectivity index (χ1n) is 8.03. The molecule has 1 aliphatic rings. The van der Waals surface area contributed by atoms with E-state index in [0.717, 1.165) is 22.3 Å². The van der Waals surface area contributed by atoms with E-state index in [1.165, 1.54) is 0 Å². The highest BCUT2D eigenvalue weighted by atomic mass is 35.5. The Kier molecular flexibility index (Phi) is 4.54. The second-order valence-corrected chi connectivity index (χ2v) is 6.82.